The molecule has 2 nitrogen and oxygen atoms in total. The third kappa shape index (κ3) is 10.9. The van der Waals surface area contributed by atoms with Gasteiger partial charge in [-0.05, 0) is 177 Å². The molecule has 13 aromatic rings. The Kier molecular flexibility index (Phi) is 14.8. The van der Waals surface area contributed by atoms with Gasteiger partial charge in [-0.3, -0.25) is 0 Å². The quantitative estimate of drug-likeness (QED) is 0.126. The van der Waals surface area contributed by atoms with Gasteiger partial charge >= 0.3 is 0 Å². The molecule has 0 N–H and O–H groups in total. The number of benzene rings is 13. The second-order valence-electron chi connectivity index (χ2n) is 28.5. The second kappa shape index (κ2) is 23.3. The Hall–Kier alpha value is -10.5. The van der Waals surface area contributed by atoms with Crippen molar-refractivity contribution in [2.75, 3.05) is 9.80 Å². The molecule has 13 aromatic carbocycles. The maximum Gasteiger partial charge on any atom is 0.252 e. The Morgan fingerprint density at radius 3 is 0.785 bits per heavy atom. The molecule has 0 atom stereocenters. The average Bonchev–Trinajstić information content (AvgIpc) is 0.688. The smallest absolute Gasteiger partial charge is 0.252 e. The fourth-order valence-corrected chi connectivity index (χ4v) is 14.3. The first-order valence-electron chi connectivity index (χ1n) is 33.0. The minimum Gasteiger partial charge on any atom is -0.310 e. The third-order valence-electron chi connectivity index (χ3n) is 19.3. The summed E-state index contributed by atoms with van der Waals surface area (Å²) in [4.78, 5) is 5.42. The summed E-state index contributed by atoms with van der Waals surface area (Å²) >= 11 is 0. The zero-order valence-electron chi connectivity index (χ0n) is 54.8. The Morgan fingerprint density at radius 1 is 0.215 bits per heavy atom. The van der Waals surface area contributed by atoms with Crippen LogP contribution in [0.3, 0.4) is 0 Å². The first-order chi connectivity index (χ1) is 45.0. The number of rotatable bonds is 10. The minimum absolute atomic E-state index is 0.160. The van der Waals surface area contributed by atoms with Crippen LogP contribution in [0.1, 0.15) is 79.0 Å². The lowest BCUT2D eigenvalue weighted by Gasteiger charge is -2.47. The summed E-state index contributed by atoms with van der Waals surface area (Å²) < 4.78 is 0. The lowest BCUT2D eigenvalue weighted by molar-refractivity contribution is 0.590. The van der Waals surface area contributed by atoms with E-state index in [9.17, 15) is 0 Å². The zero-order chi connectivity index (χ0) is 63.8. The monoisotopic (exact) mass is 1200 g/mol. The highest BCUT2D eigenvalue weighted by Crippen LogP contribution is 2.55. The van der Waals surface area contributed by atoms with Crippen LogP contribution < -0.4 is 26.2 Å². The van der Waals surface area contributed by atoms with Crippen molar-refractivity contribution in [3.63, 3.8) is 0 Å². The van der Waals surface area contributed by atoms with Crippen molar-refractivity contribution < 1.29 is 0 Å². The summed E-state index contributed by atoms with van der Waals surface area (Å²) in [6.45, 7) is 21.1. The summed E-state index contributed by atoms with van der Waals surface area (Å²) in [6, 6.07) is 115. The third-order valence-corrected chi connectivity index (χ3v) is 19.3. The predicted octanol–water partition coefficient (Wildman–Crippen LogP) is 23.0. The average molecular weight is 1200 g/mol. The van der Waals surface area contributed by atoms with E-state index in [-0.39, 0.29) is 23.0 Å². The molecule has 0 amide bonds. The van der Waals surface area contributed by atoms with Gasteiger partial charge in [-0.25, -0.2) is 0 Å². The lowest BCUT2D eigenvalue weighted by atomic mass is 9.33. The van der Waals surface area contributed by atoms with Gasteiger partial charge in [0, 0.05) is 45.0 Å². The van der Waals surface area contributed by atoms with Crippen molar-refractivity contribution in [1.29, 1.82) is 0 Å². The fourth-order valence-electron chi connectivity index (χ4n) is 14.3. The van der Waals surface area contributed by atoms with Crippen molar-refractivity contribution >= 4 is 57.2 Å². The van der Waals surface area contributed by atoms with Gasteiger partial charge in [0.1, 0.15) is 0 Å². The van der Waals surface area contributed by atoms with Crippen LogP contribution in [-0.4, -0.2) is 6.71 Å². The topological polar surface area (TPSA) is 6.48 Å². The fraction of sp³-hybridized carbons (Fsp3) is 0.133. The molecule has 0 aromatic heterocycles. The molecule has 2 aliphatic heterocycles. The predicted molar refractivity (Wildman–Crippen MR) is 400 cm³/mol. The van der Waals surface area contributed by atoms with Crippen LogP contribution in [0.2, 0.25) is 0 Å². The van der Waals surface area contributed by atoms with Gasteiger partial charge in [0.05, 0.1) is 11.4 Å². The van der Waals surface area contributed by atoms with Gasteiger partial charge in [-0.15, -0.1) is 0 Å². The molecule has 2 heterocycles. The first-order valence-corrected chi connectivity index (χ1v) is 33.0. The second-order valence-corrected chi connectivity index (χ2v) is 28.5. The normalized spacial score (nSPS) is 12.7. The molecule has 2 aliphatic rings. The standard InChI is InChI=1S/C90H77BN2/c1-88(2,3)72-54-75(64-38-24-14-25-39-64)86(76(55-72)65-40-26-15-27-41-65)92-81-48-46-68(62-34-20-12-21-35-62)52-79(81)91-80-53-69(63-36-22-13-23-37-63)47-49-82(80)93(84-59-74(90(7,8)9)58-83(92)85(84)91)87-77(70-44-28-42-66(50-70)60-30-16-10-17-31-60)56-73(89(4,5)6)57-78(87)71-45-29-43-67(51-71)61-32-18-11-19-33-61/h10-59H,1-9H3. The molecule has 0 unspecified atom stereocenters. The number of fused-ring (bicyclic) bond motifs is 4. The van der Waals surface area contributed by atoms with Crippen LogP contribution in [-0.2, 0) is 16.2 Å². The number of anilines is 6. The highest BCUT2D eigenvalue weighted by Gasteiger charge is 2.46. The van der Waals surface area contributed by atoms with Gasteiger partial charge in [0.15, 0.2) is 0 Å². The largest absolute Gasteiger partial charge is 0.310 e. The number of nitrogens with zero attached hydrogens (tertiary/aromatic N) is 2. The Labute approximate surface area is 551 Å². The summed E-state index contributed by atoms with van der Waals surface area (Å²) in [5, 5.41) is 0. The minimum atomic E-state index is -0.288. The molecule has 0 aliphatic carbocycles. The maximum absolute atomic E-state index is 2.72. The van der Waals surface area contributed by atoms with E-state index in [4.69, 9.17) is 0 Å². The van der Waals surface area contributed by atoms with Crippen LogP contribution >= 0.6 is 0 Å². The first kappa shape index (κ1) is 58.9. The van der Waals surface area contributed by atoms with E-state index < -0.39 is 0 Å². The van der Waals surface area contributed by atoms with Crippen molar-refractivity contribution in [1.82, 2.24) is 0 Å². The number of hydrogen-bond acceptors (Lipinski definition) is 2. The highest BCUT2D eigenvalue weighted by molar-refractivity contribution is 7.00. The van der Waals surface area contributed by atoms with Gasteiger partial charge in [0.25, 0.3) is 6.71 Å². The molecule has 0 saturated heterocycles. The molecule has 93 heavy (non-hydrogen) atoms. The number of hydrogen-bond donors (Lipinski definition) is 0. The van der Waals surface area contributed by atoms with Crippen molar-refractivity contribution in [3.05, 3.63) is 320 Å². The van der Waals surface area contributed by atoms with Gasteiger partial charge in [-0.2, -0.15) is 0 Å². The van der Waals surface area contributed by atoms with Gasteiger partial charge < -0.3 is 9.80 Å². The Morgan fingerprint density at radius 2 is 0.473 bits per heavy atom. The van der Waals surface area contributed by atoms with E-state index in [2.05, 4.69) is 375 Å². The van der Waals surface area contributed by atoms with E-state index >= 15 is 0 Å². The molecular formula is C90H77BN2. The molecule has 15 rings (SSSR count). The molecule has 450 valence electrons. The van der Waals surface area contributed by atoms with Crippen LogP contribution in [0.4, 0.5) is 34.1 Å². The van der Waals surface area contributed by atoms with Crippen molar-refractivity contribution in [2.45, 2.75) is 78.6 Å². The van der Waals surface area contributed by atoms with E-state index in [1.54, 1.807) is 0 Å². The van der Waals surface area contributed by atoms with Crippen LogP contribution in [0, 0.1) is 0 Å². The summed E-state index contributed by atoms with van der Waals surface area (Å²) in [6.07, 6.45) is 0. The van der Waals surface area contributed by atoms with E-state index in [0.717, 1.165) is 33.9 Å². The lowest BCUT2D eigenvalue weighted by Crippen LogP contribution is -2.61. The summed E-state index contributed by atoms with van der Waals surface area (Å²) in [5.74, 6) is 0. The summed E-state index contributed by atoms with van der Waals surface area (Å²) in [5.41, 5.74) is 32.7. The zero-order valence-corrected chi connectivity index (χ0v) is 54.8. The molecule has 0 radical (unpaired) electrons. The van der Waals surface area contributed by atoms with Gasteiger partial charge in [0.2, 0.25) is 0 Å². The molecular weight excluding hydrogens is 1120 g/mol. The summed E-state index contributed by atoms with van der Waals surface area (Å²) in [7, 11) is 0. The van der Waals surface area contributed by atoms with E-state index in [0.29, 0.717) is 0 Å². The molecule has 0 fully saturated rings. The molecule has 3 heteroatoms. The van der Waals surface area contributed by atoms with Crippen LogP contribution in [0.15, 0.2) is 303 Å². The van der Waals surface area contributed by atoms with Crippen LogP contribution in [0.5, 0.6) is 0 Å². The molecule has 0 bridgehead atoms. The Bertz CT molecular complexity index is 4770. The maximum atomic E-state index is 2.72. The molecule has 0 saturated carbocycles. The van der Waals surface area contributed by atoms with Crippen LogP contribution in [0.25, 0.3) is 89.0 Å². The van der Waals surface area contributed by atoms with Crippen molar-refractivity contribution in [3.8, 4) is 89.0 Å². The van der Waals surface area contributed by atoms with E-state index in [1.807, 2.05) is 0 Å². The highest BCUT2D eigenvalue weighted by atomic mass is 15.2. The Balaban J connectivity index is 1.14. The van der Waals surface area contributed by atoms with Crippen molar-refractivity contribution in [2.24, 2.45) is 0 Å². The van der Waals surface area contributed by atoms with Gasteiger partial charge in [-0.1, -0.05) is 305 Å². The molecule has 0 spiro atoms. The SMILES string of the molecule is CC(C)(C)c1cc(-c2ccccc2)c(N2c3ccc(-c4ccccc4)cc3B3c4cc(-c5ccccc5)ccc4N(c4c(-c5cccc(-c6ccccc6)c5)cc(C(C)(C)C)cc4-c4cccc(-c5ccccc5)c4)c4cc(C(C)(C)C)cc2c43)c(-c2ccccc2)c1. The van der Waals surface area contributed by atoms with E-state index in [1.165, 1.54) is 122 Å².